The molecular formula is C45H27N7. The van der Waals surface area contributed by atoms with E-state index in [1.54, 1.807) is 0 Å². The highest BCUT2D eigenvalue weighted by Gasteiger charge is 2.17. The second-order valence-electron chi connectivity index (χ2n) is 12.6. The molecule has 7 nitrogen and oxygen atoms in total. The van der Waals surface area contributed by atoms with Gasteiger partial charge in [0.05, 0.1) is 22.1 Å². The van der Waals surface area contributed by atoms with E-state index in [1.165, 1.54) is 0 Å². The van der Waals surface area contributed by atoms with E-state index in [4.69, 9.17) is 24.9 Å². The lowest BCUT2D eigenvalue weighted by Gasteiger charge is -2.13. The zero-order valence-electron chi connectivity index (χ0n) is 27.7. The molecule has 10 rings (SSSR count). The molecule has 0 amide bonds. The summed E-state index contributed by atoms with van der Waals surface area (Å²) in [5.41, 5.74) is 10.4. The maximum atomic E-state index is 5.13. The van der Waals surface area contributed by atoms with Gasteiger partial charge < -0.3 is 0 Å². The van der Waals surface area contributed by atoms with Crippen molar-refractivity contribution in [2.75, 3.05) is 0 Å². The quantitative estimate of drug-likeness (QED) is 0.169. The standard InChI is InChI=1S/C45H27N7/c1-2-10-28(11-3-1)43-50-44(33-14-4-12-29(24-33)37-26-31-16-6-20-46-39(31)41-35(37)18-8-22-48-41)52-45(51-43)34-15-5-13-30(25-34)38-27-32-17-7-21-47-40(32)42-36(38)19-9-23-49-42/h1-27H. The summed E-state index contributed by atoms with van der Waals surface area (Å²) in [6.45, 7) is 0. The Morgan fingerprint density at radius 2 is 0.692 bits per heavy atom. The Labute approximate surface area is 298 Å². The third kappa shape index (κ3) is 5.11. The fourth-order valence-corrected chi connectivity index (χ4v) is 7.03. The summed E-state index contributed by atoms with van der Waals surface area (Å²) in [5, 5.41) is 4.15. The first kappa shape index (κ1) is 29.6. The Balaban J connectivity index is 1.14. The highest BCUT2D eigenvalue weighted by Crippen LogP contribution is 2.37. The fraction of sp³-hybridized carbons (Fsp3) is 0. The molecule has 0 aliphatic rings. The third-order valence-electron chi connectivity index (χ3n) is 9.45. The van der Waals surface area contributed by atoms with Gasteiger partial charge >= 0.3 is 0 Å². The zero-order valence-corrected chi connectivity index (χ0v) is 27.7. The van der Waals surface area contributed by atoms with Gasteiger partial charge in [-0.25, -0.2) is 15.0 Å². The van der Waals surface area contributed by atoms with Crippen LogP contribution in [0.25, 0.3) is 100 Å². The average molecular weight is 666 g/mol. The van der Waals surface area contributed by atoms with Crippen molar-refractivity contribution in [1.29, 1.82) is 0 Å². The predicted octanol–water partition coefficient (Wildman–Crippen LogP) is 10.4. The van der Waals surface area contributed by atoms with E-state index < -0.39 is 0 Å². The summed E-state index contributed by atoms with van der Waals surface area (Å²) < 4.78 is 0. The van der Waals surface area contributed by atoms with Gasteiger partial charge in [-0.1, -0.05) is 91.0 Å². The Bertz CT molecular complexity index is 2800. The highest BCUT2D eigenvalue weighted by molar-refractivity contribution is 6.11. The van der Waals surface area contributed by atoms with Gasteiger partial charge in [-0.2, -0.15) is 0 Å². The Morgan fingerprint density at radius 3 is 1.19 bits per heavy atom. The molecule has 7 heteroatoms. The van der Waals surface area contributed by atoms with Crippen LogP contribution in [0.1, 0.15) is 0 Å². The molecule has 0 spiro atoms. The summed E-state index contributed by atoms with van der Waals surface area (Å²) in [4.78, 5) is 34.0. The number of hydrogen-bond acceptors (Lipinski definition) is 7. The van der Waals surface area contributed by atoms with Crippen LogP contribution in [-0.2, 0) is 0 Å². The van der Waals surface area contributed by atoms with Crippen LogP contribution < -0.4 is 0 Å². The van der Waals surface area contributed by atoms with Crippen LogP contribution in [0, 0.1) is 0 Å². The topological polar surface area (TPSA) is 90.2 Å². The number of rotatable bonds is 5. The fourth-order valence-electron chi connectivity index (χ4n) is 7.03. The van der Waals surface area contributed by atoms with Crippen molar-refractivity contribution >= 4 is 43.6 Å². The van der Waals surface area contributed by atoms with E-state index in [-0.39, 0.29) is 0 Å². The van der Waals surface area contributed by atoms with Gasteiger partial charge in [0.1, 0.15) is 0 Å². The van der Waals surface area contributed by atoms with Crippen LogP contribution in [-0.4, -0.2) is 34.9 Å². The van der Waals surface area contributed by atoms with Crippen molar-refractivity contribution in [1.82, 2.24) is 34.9 Å². The molecule has 52 heavy (non-hydrogen) atoms. The van der Waals surface area contributed by atoms with Crippen molar-refractivity contribution in [2.45, 2.75) is 0 Å². The molecule has 0 aliphatic carbocycles. The van der Waals surface area contributed by atoms with Crippen molar-refractivity contribution < 1.29 is 0 Å². The molecule has 5 aromatic carbocycles. The first-order valence-corrected chi connectivity index (χ1v) is 17.0. The second kappa shape index (κ2) is 12.3. The van der Waals surface area contributed by atoms with Crippen LogP contribution in [0.5, 0.6) is 0 Å². The average Bonchev–Trinajstić information content (AvgIpc) is 3.23. The van der Waals surface area contributed by atoms with Gasteiger partial charge in [0.15, 0.2) is 17.5 Å². The largest absolute Gasteiger partial charge is 0.254 e. The number of fused-ring (bicyclic) bond motifs is 6. The van der Waals surface area contributed by atoms with Crippen molar-refractivity contribution in [3.8, 4) is 56.4 Å². The lowest BCUT2D eigenvalue weighted by Crippen LogP contribution is -2.00. The maximum absolute atomic E-state index is 5.13. The molecule has 0 atom stereocenters. The maximum Gasteiger partial charge on any atom is 0.164 e. The van der Waals surface area contributed by atoms with Crippen molar-refractivity contribution in [3.05, 3.63) is 164 Å². The number of pyridine rings is 4. The molecule has 0 N–H and O–H groups in total. The van der Waals surface area contributed by atoms with Gasteiger partial charge in [-0.05, 0) is 70.8 Å². The number of aromatic nitrogens is 7. The summed E-state index contributed by atoms with van der Waals surface area (Å²) in [6, 6.07) is 47.4. The normalized spacial score (nSPS) is 11.5. The molecule has 0 bridgehead atoms. The molecule has 0 saturated carbocycles. The molecule has 0 radical (unpaired) electrons. The smallest absolute Gasteiger partial charge is 0.164 e. The second-order valence-corrected chi connectivity index (χ2v) is 12.6. The summed E-state index contributed by atoms with van der Waals surface area (Å²) >= 11 is 0. The van der Waals surface area contributed by atoms with Gasteiger partial charge in [-0.15, -0.1) is 0 Å². The molecule has 242 valence electrons. The molecule has 5 heterocycles. The predicted molar refractivity (Wildman–Crippen MR) is 208 cm³/mol. The monoisotopic (exact) mass is 665 g/mol. The lowest BCUT2D eigenvalue weighted by molar-refractivity contribution is 1.07. The van der Waals surface area contributed by atoms with E-state index in [1.807, 2.05) is 79.4 Å². The van der Waals surface area contributed by atoms with Gasteiger partial charge in [0.25, 0.3) is 0 Å². The van der Waals surface area contributed by atoms with Crippen LogP contribution in [0.15, 0.2) is 164 Å². The van der Waals surface area contributed by atoms with Crippen LogP contribution in [0.2, 0.25) is 0 Å². The Morgan fingerprint density at radius 1 is 0.288 bits per heavy atom. The number of benzene rings is 5. The number of hydrogen-bond donors (Lipinski definition) is 0. The summed E-state index contributed by atoms with van der Waals surface area (Å²) in [6.07, 6.45) is 7.26. The zero-order chi connectivity index (χ0) is 34.4. The Kier molecular flexibility index (Phi) is 6.99. The van der Waals surface area contributed by atoms with E-state index >= 15 is 0 Å². The van der Waals surface area contributed by atoms with E-state index in [0.717, 1.165) is 82.6 Å². The third-order valence-corrected chi connectivity index (χ3v) is 9.45. The minimum atomic E-state index is 0.590. The van der Waals surface area contributed by atoms with Crippen LogP contribution in [0.3, 0.4) is 0 Å². The van der Waals surface area contributed by atoms with E-state index in [0.29, 0.717) is 17.5 Å². The molecule has 5 aromatic heterocycles. The molecule has 10 aromatic rings. The Hall–Kier alpha value is -7.25. The van der Waals surface area contributed by atoms with Gasteiger partial charge in [0.2, 0.25) is 0 Å². The summed E-state index contributed by atoms with van der Waals surface area (Å²) in [7, 11) is 0. The first-order chi connectivity index (χ1) is 25.8. The van der Waals surface area contributed by atoms with Crippen molar-refractivity contribution in [3.63, 3.8) is 0 Å². The summed E-state index contributed by atoms with van der Waals surface area (Å²) in [5.74, 6) is 1.79. The molecule has 0 saturated heterocycles. The van der Waals surface area contributed by atoms with Gasteiger partial charge in [-0.3, -0.25) is 19.9 Å². The van der Waals surface area contributed by atoms with E-state index in [2.05, 4.69) is 94.9 Å². The molecular weight excluding hydrogens is 639 g/mol. The molecule has 0 aliphatic heterocycles. The molecule has 0 unspecified atom stereocenters. The first-order valence-electron chi connectivity index (χ1n) is 17.0. The minimum absolute atomic E-state index is 0.590. The molecule has 0 fully saturated rings. The lowest BCUT2D eigenvalue weighted by atomic mass is 9.96. The van der Waals surface area contributed by atoms with Crippen LogP contribution >= 0.6 is 0 Å². The van der Waals surface area contributed by atoms with E-state index in [9.17, 15) is 0 Å². The van der Waals surface area contributed by atoms with Gasteiger partial charge in [0, 0.05) is 63.0 Å². The minimum Gasteiger partial charge on any atom is -0.254 e. The van der Waals surface area contributed by atoms with Crippen molar-refractivity contribution in [2.24, 2.45) is 0 Å². The number of nitrogens with zero attached hydrogens (tertiary/aromatic N) is 7. The SMILES string of the molecule is c1ccc(-c2nc(-c3cccc(-c4cc5cccnc5c5ncccc45)c3)nc(-c3cccc(-c4cc5cccnc5c5ncccc45)c3)n2)cc1. The van der Waals surface area contributed by atoms with Crippen LogP contribution in [0.4, 0.5) is 0 Å². The highest BCUT2D eigenvalue weighted by atomic mass is 15.0.